The van der Waals surface area contributed by atoms with Gasteiger partial charge in [-0.3, -0.25) is 4.79 Å². The van der Waals surface area contributed by atoms with Crippen LogP contribution in [-0.2, 0) is 6.42 Å². The van der Waals surface area contributed by atoms with E-state index in [1.807, 2.05) is 36.7 Å². The molecule has 0 bridgehead atoms. The van der Waals surface area contributed by atoms with E-state index in [1.165, 1.54) is 0 Å². The number of aromatic nitrogens is 2. The van der Waals surface area contributed by atoms with Crippen LogP contribution in [0, 0.1) is 6.92 Å². The molecule has 2 aromatic heterocycles. The Morgan fingerprint density at radius 3 is 2.58 bits per heavy atom. The third-order valence-corrected chi connectivity index (χ3v) is 6.28. The quantitative estimate of drug-likeness (QED) is 0.226. The van der Waals surface area contributed by atoms with E-state index < -0.39 is 0 Å². The number of pyridine rings is 1. The molecule has 4 rings (SSSR count). The van der Waals surface area contributed by atoms with Crippen LogP contribution in [0.25, 0.3) is 16.9 Å². The van der Waals surface area contributed by atoms with Crippen molar-refractivity contribution in [3.63, 3.8) is 0 Å². The van der Waals surface area contributed by atoms with Crippen LogP contribution >= 0.6 is 11.6 Å². The van der Waals surface area contributed by atoms with Gasteiger partial charge in [0.15, 0.2) is 0 Å². The summed E-state index contributed by atoms with van der Waals surface area (Å²) in [5, 5.41) is 15.9. The molecular weight excluding hydrogens is 500 g/mol. The monoisotopic (exact) mass is 536 g/mol. The second-order valence-electron chi connectivity index (χ2n) is 9.36. The van der Waals surface area contributed by atoms with Crippen molar-refractivity contribution in [1.29, 1.82) is 0 Å². The summed E-state index contributed by atoms with van der Waals surface area (Å²) >= 11 is 6.33. The summed E-state index contributed by atoms with van der Waals surface area (Å²) in [6, 6.07) is 17.2. The van der Waals surface area contributed by atoms with Crippen LogP contribution in [0.1, 0.15) is 42.8 Å². The number of benzene rings is 2. The maximum absolute atomic E-state index is 13.0. The SMILES string of the molecule is C.Cc1cccn2cc(-c3ccc(C[C@@H](CNCCO)NC(=O)c4ccc(OC(C)C)c(Cl)c4)cc3)nc12. The van der Waals surface area contributed by atoms with Crippen molar-refractivity contribution >= 4 is 23.2 Å². The van der Waals surface area contributed by atoms with E-state index in [2.05, 4.69) is 47.9 Å². The second-order valence-corrected chi connectivity index (χ2v) is 9.77. The van der Waals surface area contributed by atoms with Gasteiger partial charge in [-0.1, -0.05) is 49.4 Å². The molecule has 2 heterocycles. The molecule has 38 heavy (non-hydrogen) atoms. The van der Waals surface area contributed by atoms with Crippen molar-refractivity contribution in [2.75, 3.05) is 19.7 Å². The van der Waals surface area contributed by atoms with E-state index in [9.17, 15) is 9.90 Å². The highest BCUT2D eigenvalue weighted by atomic mass is 35.5. The number of nitrogens with one attached hydrogen (secondary N) is 2. The first-order chi connectivity index (χ1) is 17.8. The molecule has 0 unspecified atom stereocenters. The average Bonchev–Trinajstić information content (AvgIpc) is 3.31. The molecule has 0 saturated carbocycles. The molecule has 2 aromatic carbocycles. The lowest BCUT2D eigenvalue weighted by molar-refractivity contribution is 0.0936. The fraction of sp³-hybridized carbons (Fsp3) is 0.333. The van der Waals surface area contributed by atoms with Crippen molar-refractivity contribution in [2.24, 2.45) is 0 Å². The van der Waals surface area contributed by atoms with Gasteiger partial charge in [-0.25, -0.2) is 4.98 Å². The highest BCUT2D eigenvalue weighted by molar-refractivity contribution is 6.32. The average molecular weight is 537 g/mol. The van der Waals surface area contributed by atoms with Crippen molar-refractivity contribution < 1.29 is 14.6 Å². The third-order valence-electron chi connectivity index (χ3n) is 5.98. The van der Waals surface area contributed by atoms with Crippen LogP contribution in [0.2, 0.25) is 5.02 Å². The van der Waals surface area contributed by atoms with Gasteiger partial charge in [0.25, 0.3) is 5.91 Å². The van der Waals surface area contributed by atoms with E-state index in [0.717, 1.165) is 28.0 Å². The summed E-state index contributed by atoms with van der Waals surface area (Å²) in [5.74, 6) is 0.334. The van der Waals surface area contributed by atoms with Crippen LogP contribution in [0.4, 0.5) is 0 Å². The Balaban J connectivity index is 0.00000400. The van der Waals surface area contributed by atoms with Gasteiger partial charge in [-0.15, -0.1) is 0 Å². The zero-order valence-corrected chi connectivity index (χ0v) is 22.1. The lowest BCUT2D eigenvalue weighted by atomic mass is 10.0. The van der Waals surface area contributed by atoms with E-state index in [-0.39, 0.29) is 32.1 Å². The Hall–Kier alpha value is -3.39. The molecule has 8 heteroatoms. The molecule has 1 amide bonds. The van der Waals surface area contributed by atoms with E-state index in [4.69, 9.17) is 21.3 Å². The molecule has 0 aliphatic heterocycles. The summed E-state index contributed by atoms with van der Waals surface area (Å²) in [6.07, 6.45) is 4.64. The molecule has 0 aliphatic carbocycles. The number of hydrogen-bond acceptors (Lipinski definition) is 5. The first-order valence-corrected chi connectivity index (χ1v) is 12.8. The Bertz CT molecular complexity index is 1350. The normalized spacial score (nSPS) is 11.8. The number of rotatable bonds is 11. The number of carbonyl (C=O) groups excluding carboxylic acids is 1. The molecule has 3 N–H and O–H groups in total. The van der Waals surface area contributed by atoms with Crippen molar-refractivity contribution in [2.45, 2.75) is 46.8 Å². The summed E-state index contributed by atoms with van der Waals surface area (Å²) in [5.41, 5.74) is 5.57. The number of amides is 1. The zero-order valence-electron chi connectivity index (χ0n) is 21.4. The summed E-state index contributed by atoms with van der Waals surface area (Å²) in [4.78, 5) is 17.8. The summed E-state index contributed by atoms with van der Waals surface area (Å²) in [6.45, 7) is 6.89. The second kappa shape index (κ2) is 13.4. The molecule has 0 saturated heterocycles. The van der Waals surface area contributed by atoms with Crippen LogP contribution in [0.15, 0.2) is 67.0 Å². The highest BCUT2D eigenvalue weighted by Crippen LogP contribution is 2.26. The van der Waals surface area contributed by atoms with E-state index >= 15 is 0 Å². The number of halogens is 1. The maximum atomic E-state index is 13.0. The number of aryl methyl sites for hydroxylation is 1. The molecule has 0 aliphatic rings. The predicted molar refractivity (Wildman–Crippen MR) is 154 cm³/mol. The minimum atomic E-state index is -0.217. The number of fused-ring (bicyclic) bond motifs is 1. The van der Waals surface area contributed by atoms with Gasteiger partial charge in [0, 0.05) is 42.7 Å². The molecule has 0 fully saturated rings. The van der Waals surface area contributed by atoms with Crippen molar-refractivity contribution in [3.05, 3.63) is 88.7 Å². The molecule has 4 aromatic rings. The van der Waals surface area contributed by atoms with Crippen LogP contribution in [-0.4, -0.2) is 52.2 Å². The number of ether oxygens (including phenoxy) is 1. The van der Waals surface area contributed by atoms with Gasteiger partial charge >= 0.3 is 0 Å². The molecule has 0 radical (unpaired) electrons. The number of aliphatic hydroxyl groups is 1. The number of imidazole rings is 1. The summed E-state index contributed by atoms with van der Waals surface area (Å²) in [7, 11) is 0. The lowest BCUT2D eigenvalue weighted by Crippen LogP contribution is -2.44. The smallest absolute Gasteiger partial charge is 0.251 e. The van der Waals surface area contributed by atoms with E-state index in [0.29, 0.717) is 35.8 Å². The Morgan fingerprint density at radius 2 is 1.92 bits per heavy atom. The van der Waals surface area contributed by atoms with Gasteiger partial charge in [0.2, 0.25) is 0 Å². The first-order valence-electron chi connectivity index (χ1n) is 12.5. The lowest BCUT2D eigenvalue weighted by Gasteiger charge is -2.20. The Morgan fingerprint density at radius 1 is 1.16 bits per heavy atom. The standard InChI is InChI=1S/C29H33ClN4O3.CH4/c1-19(2)37-27-11-10-23(16-25(27)30)29(36)32-24(17-31-12-14-35)15-21-6-8-22(9-7-21)26-18-34-13-4-5-20(3)28(34)33-26;/h4-11,13,16,18-19,24,31,35H,12,14-15,17H2,1-3H3,(H,32,36);1H4/t24-;/m0./s1. The zero-order chi connectivity index (χ0) is 26.4. The fourth-order valence-electron chi connectivity index (χ4n) is 4.18. The number of carbonyl (C=O) groups is 1. The number of hydrogen-bond donors (Lipinski definition) is 3. The predicted octanol–water partition coefficient (Wildman–Crippen LogP) is 5.31. The minimum Gasteiger partial charge on any atom is -0.489 e. The fourth-order valence-corrected chi connectivity index (χ4v) is 4.40. The maximum Gasteiger partial charge on any atom is 0.251 e. The van der Waals surface area contributed by atoms with E-state index in [1.54, 1.807) is 18.2 Å². The van der Waals surface area contributed by atoms with Gasteiger partial charge in [-0.2, -0.15) is 0 Å². The van der Waals surface area contributed by atoms with Gasteiger partial charge in [0.05, 0.1) is 23.4 Å². The van der Waals surface area contributed by atoms with Crippen LogP contribution in [0.3, 0.4) is 0 Å². The van der Waals surface area contributed by atoms with Gasteiger partial charge in [-0.05, 0) is 62.6 Å². The number of nitrogens with zero attached hydrogens (tertiary/aromatic N) is 2. The van der Waals surface area contributed by atoms with Gasteiger partial charge in [0.1, 0.15) is 11.4 Å². The van der Waals surface area contributed by atoms with Gasteiger partial charge < -0.3 is 24.9 Å². The first kappa shape index (κ1) is 29.2. The topological polar surface area (TPSA) is 87.9 Å². The van der Waals surface area contributed by atoms with Crippen molar-refractivity contribution in [3.8, 4) is 17.0 Å². The molecular formula is C30H37ClN4O3. The molecule has 0 spiro atoms. The molecule has 7 nitrogen and oxygen atoms in total. The molecule has 202 valence electrons. The highest BCUT2D eigenvalue weighted by Gasteiger charge is 2.17. The van der Waals surface area contributed by atoms with Crippen molar-refractivity contribution in [1.82, 2.24) is 20.0 Å². The third kappa shape index (κ3) is 7.34. The Kier molecular flexibility index (Phi) is 10.3. The minimum absolute atomic E-state index is 0. The largest absolute Gasteiger partial charge is 0.489 e. The molecule has 1 atom stereocenters. The van der Waals surface area contributed by atoms with Crippen LogP contribution in [0.5, 0.6) is 5.75 Å². The van der Waals surface area contributed by atoms with Crippen LogP contribution < -0.4 is 15.4 Å². The Labute approximate surface area is 229 Å². The summed E-state index contributed by atoms with van der Waals surface area (Å²) < 4.78 is 7.70. The number of aliphatic hydroxyl groups excluding tert-OH is 1.